The number of aldehydes is 1. The Morgan fingerprint density at radius 3 is 2.64 bits per heavy atom. The van der Waals surface area contributed by atoms with Gasteiger partial charge in [-0.15, -0.1) is 11.3 Å². The summed E-state index contributed by atoms with van der Waals surface area (Å²) in [6, 6.07) is 11.6. The molecule has 4 nitrogen and oxygen atoms in total. The molecule has 0 aliphatic heterocycles. The van der Waals surface area contributed by atoms with Gasteiger partial charge in [0.1, 0.15) is 0 Å². The summed E-state index contributed by atoms with van der Waals surface area (Å²) in [6.45, 7) is 2.95. The summed E-state index contributed by atoms with van der Waals surface area (Å²) in [4.78, 5) is 23.9. The fourth-order valence-electron chi connectivity index (χ4n) is 1.89. The molecule has 0 spiro atoms. The predicted molar refractivity (Wildman–Crippen MR) is 88.2 cm³/mol. The molecule has 116 valence electrons. The third-order valence-corrected chi connectivity index (χ3v) is 4.21. The van der Waals surface area contributed by atoms with Crippen molar-refractivity contribution in [2.24, 2.45) is 0 Å². The van der Waals surface area contributed by atoms with E-state index in [0.717, 1.165) is 40.0 Å². The first-order chi connectivity index (χ1) is 10.7. The summed E-state index contributed by atoms with van der Waals surface area (Å²) in [6.07, 6.45) is 2.36. The molecule has 5 heteroatoms. The van der Waals surface area contributed by atoms with Crippen LogP contribution in [0.25, 0.3) is 10.4 Å². The van der Waals surface area contributed by atoms with E-state index in [4.69, 9.17) is 4.74 Å². The maximum absolute atomic E-state index is 11.5. The lowest BCUT2D eigenvalue weighted by Gasteiger charge is -2.07. The number of rotatable bonds is 7. The van der Waals surface area contributed by atoms with E-state index in [9.17, 15) is 9.59 Å². The summed E-state index contributed by atoms with van der Waals surface area (Å²) < 4.78 is 5.03. The molecule has 0 radical (unpaired) electrons. The number of hydrogen-bond acceptors (Lipinski definition) is 4. The van der Waals surface area contributed by atoms with E-state index in [1.54, 1.807) is 0 Å². The van der Waals surface area contributed by atoms with Gasteiger partial charge in [-0.05, 0) is 29.7 Å². The van der Waals surface area contributed by atoms with Crippen molar-refractivity contribution in [3.8, 4) is 10.4 Å². The van der Waals surface area contributed by atoms with Gasteiger partial charge >= 0.3 is 6.09 Å². The minimum absolute atomic E-state index is 0.383. The van der Waals surface area contributed by atoms with E-state index < -0.39 is 0 Å². The Morgan fingerprint density at radius 2 is 2.00 bits per heavy atom. The van der Waals surface area contributed by atoms with Gasteiger partial charge < -0.3 is 10.1 Å². The molecular formula is C17H19NO3S. The molecule has 0 unspecified atom stereocenters. The van der Waals surface area contributed by atoms with Crippen LogP contribution in [0.15, 0.2) is 36.4 Å². The zero-order valence-electron chi connectivity index (χ0n) is 12.5. The second-order valence-corrected chi connectivity index (χ2v) is 5.98. The van der Waals surface area contributed by atoms with E-state index in [2.05, 4.69) is 12.2 Å². The van der Waals surface area contributed by atoms with Gasteiger partial charge in [-0.25, -0.2) is 4.79 Å². The van der Waals surface area contributed by atoms with Crippen molar-refractivity contribution in [2.45, 2.75) is 26.3 Å². The molecular weight excluding hydrogens is 298 g/mol. The molecule has 2 rings (SSSR count). The van der Waals surface area contributed by atoms with Crippen LogP contribution in [0, 0.1) is 0 Å². The fraction of sp³-hybridized carbons (Fsp3) is 0.294. The second-order valence-electron chi connectivity index (χ2n) is 4.86. The standard InChI is InChI=1S/C17H19NO3S/c1-2-3-10-21-17(20)18-11-13-4-6-14(7-5-13)16-9-8-15(12-19)22-16/h4-9,12H,2-3,10-11H2,1H3,(H,18,20). The van der Waals surface area contributed by atoms with Gasteiger partial charge in [0.2, 0.25) is 0 Å². The smallest absolute Gasteiger partial charge is 0.407 e. The average molecular weight is 317 g/mol. The number of ether oxygens (including phenoxy) is 1. The maximum Gasteiger partial charge on any atom is 0.407 e. The highest BCUT2D eigenvalue weighted by Crippen LogP contribution is 2.27. The third-order valence-electron chi connectivity index (χ3n) is 3.15. The van der Waals surface area contributed by atoms with Crippen LogP contribution in [0.2, 0.25) is 0 Å². The molecule has 0 aliphatic carbocycles. The van der Waals surface area contributed by atoms with Crippen LogP contribution in [0.5, 0.6) is 0 Å². The Hall–Kier alpha value is -2.14. The summed E-state index contributed by atoms with van der Waals surface area (Å²) in [5.41, 5.74) is 2.07. The molecule has 1 aromatic heterocycles. The number of nitrogens with one attached hydrogen (secondary N) is 1. The van der Waals surface area contributed by atoms with Gasteiger partial charge in [0.05, 0.1) is 11.5 Å². The number of benzene rings is 1. The van der Waals surface area contributed by atoms with Crippen LogP contribution in [-0.2, 0) is 11.3 Å². The van der Waals surface area contributed by atoms with E-state index in [1.807, 2.05) is 36.4 Å². The zero-order chi connectivity index (χ0) is 15.8. The number of alkyl carbamates (subject to hydrolysis) is 1. The predicted octanol–water partition coefficient (Wildman–Crippen LogP) is 4.25. The average Bonchev–Trinajstić information content (AvgIpc) is 3.03. The summed E-state index contributed by atoms with van der Waals surface area (Å²) in [5, 5.41) is 2.73. The van der Waals surface area contributed by atoms with E-state index >= 15 is 0 Å². The highest BCUT2D eigenvalue weighted by molar-refractivity contribution is 7.17. The van der Waals surface area contributed by atoms with Crippen LogP contribution in [-0.4, -0.2) is 19.0 Å². The van der Waals surface area contributed by atoms with Crippen LogP contribution in [0.3, 0.4) is 0 Å². The lowest BCUT2D eigenvalue weighted by molar-refractivity contribution is 0.112. The Bertz CT molecular complexity index is 619. The molecule has 22 heavy (non-hydrogen) atoms. The van der Waals surface area contributed by atoms with E-state index in [-0.39, 0.29) is 6.09 Å². The van der Waals surface area contributed by atoms with Crippen molar-refractivity contribution < 1.29 is 14.3 Å². The second kappa shape index (κ2) is 8.34. The first kappa shape index (κ1) is 16.2. The minimum atomic E-state index is -0.383. The fourth-order valence-corrected chi connectivity index (χ4v) is 2.72. The normalized spacial score (nSPS) is 10.2. The number of carbonyl (C=O) groups is 2. The molecule has 0 saturated heterocycles. The number of unbranched alkanes of at least 4 members (excludes halogenated alkanes) is 1. The summed E-state index contributed by atoms with van der Waals surface area (Å²) in [7, 11) is 0. The van der Waals surface area contributed by atoms with Gasteiger partial charge in [-0.1, -0.05) is 37.6 Å². The molecule has 0 atom stereocenters. The van der Waals surface area contributed by atoms with E-state index in [0.29, 0.717) is 13.2 Å². The Kier molecular flexibility index (Phi) is 6.15. The largest absolute Gasteiger partial charge is 0.450 e. The highest BCUT2D eigenvalue weighted by Gasteiger charge is 2.04. The van der Waals surface area contributed by atoms with Gasteiger partial charge in [-0.2, -0.15) is 0 Å². The van der Waals surface area contributed by atoms with Crippen LogP contribution < -0.4 is 5.32 Å². The van der Waals surface area contributed by atoms with E-state index in [1.165, 1.54) is 11.3 Å². The van der Waals surface area contributed by atoms with Gasteiger partial charge in [0, 0.05) is 11.4 Å². The number of hydrogen-bond donors (Lipinski definition) is 1. The number of thiophene rings is 1. The topological polar surface area (TPSA) is 55.4 Å². The quantitative estimate of drug-likeness (QED) is 0.613. The van der Waals surface area contributed by atoms with Crippen LogP contribution in [0.1, 0.15) is 35.0 Å². The van der Waals surface area contributed by atoms with Crippen molar-refractivity contribution in [1.82, 2.24) is 5.32 Å². The lowest BCUT2D eigenvalue weighted by atomic mass is 10.1. The summed E-state index contributed by atoms with van der Waals surface area (Å²) >= 11 is 1.46. The Balaban J connectivity index is 1.86. The Morgan fingerprint density at radius 1 is 1.23 bits per heavy atom. The highest BCUT2D eigenvalue weighted by atomic mass is 32.1. The molecule has 2 aromatic rings. The monoisotopic (exact) mass is 317 g/mol. The van der Waals surface area contributed by atoms with Crippen LogP contribution >= 0.6 is 11.3 Å². The maximum atomic E-state index is 11.5. The van der Waals surface area contributed by atoms with Crippen molar-refractivity contribution in [3.05, 3.63) is 46.8 Å². The Labute approximate surface area is 134 Å². The first-order valence-corrected chi connectivity index (χ1v) is 8.09. The van der Waals surface area contributed by atoms with Crippen molar-refractivity contribution in [3.63, 3.8) is 0 Å². The third kappa shape index (κ3) is 4.70. The molecule has 1 aromatic carbocycles. The molecule has 0 bridgehead atoms. The summed E-state index contributed by atoms with van der Waals surface area (Å²) in [5.74, 6) is 0. The van der Waals surface area contributed by atoms with Crippen molar-refractivity contribution in [2.75, 3.05) is 6.61 Å². The minimum Gasteiger partial charge on any atom is -0.450 e. The zero-order valence-corrected chi connectivity index (χ0v) is 13.3. The first-order valence-electron chi connectivity index (χ1n) is 7.28. The molecule has 0 saturated carbocycles. The molecule has 0 fully saturated rings. The number of amides is 1. The van der Waals surface area contributed by atoms with Crippen molar-refractivity contribution >= 4 is 23.7 Å². The lowest BCUT2D eigenvalue weighted by Crippen LogP contribution is -2.24. The SMILES string of the molecule is CCCCOC(=O)NCc1ccc(-c2ccc(C=O)s2)cc1. The van der Waals surface area contributed by atoms with Gasteiger partial charge in [0.15, 0.2) is 6.29 Å². The number of carbonyl (C=O) groups excluding carboxylic acids is 2. The molecule has 1 heterocycles. The molecule has 1 N–H and O–H groups in total. The van der Waals surface area contributed by atoms with Gasteiger partial charge in [-0.3, -0.25) is 4.79 Å². The molecule has 1 amide bonds. The molecule has 0 aliphatic rings. The van der Waals surface area contributed by atoms with Gasteiger partial charge in [0.25, 0.3) is 0 Å². The van der Waals surface area contributed by atoms with Crippen LogP contribution in [0.4, 0.5) is 4.79 Å². The van der Waals surface area contributed by atoms with Crippen molar-refractivity contribution in [1.29, 1.82) is 0 Å².